The van der Waals surface area contributed by atoms with Gasteiger partial charge in [-0.1, -0.05) is 0 Å². The fraction of sp³-hybridized carbons (Fsp3) is 0.500. The summed E-state index contributed by atoms with van der Waals surface area (Å²) in [7, 11) is 1.43. The van der Waals surface area contributed by atoms with E-state index in [0.717, 1.165) is 0 Å². The Bertz CT molecular complexity index is 295. The number of alkyl halides is 3. The third-order valence-electron chi connectivity index (χ3n) is 1.68. The molecular weight excluding hydrogens is 199 g/mol. The molecule has 1 N–H and O–H groups in total. The Morgan fingerprint density at radius 1 is 1.57 bits per heavy atom. The summed E-state index contributed by atoms with van der Waals surface area (Å²) in [5.74, 6) is 0. The summed E-state index contributed by atoms with van der Waals surface area (Å²) >= 11 is 0. The number of aromatic nitrogens is 1. The molecule has 1 rings (SSSR count). The smallest absolute Gasteiger partial charge is 0.379 e. The van der Waals surface area contributed by atoms with Gasteiger partial charge in [-0.05, 0) is 6.07 Å². The first-order valence-electron chi connectivity index (χ1n) is 3.84. The van der Waals surface area contributed by atoms with Gasteiger partial charge in [0.15, 0.2) is 6.10 Å². The van der Waals surface area contributed by atoms with E-state index in [9.17, 15) is 13.2 Å². The highest BCUT2D eigenvalue weighted by atomic mass is 19.4. The number of ether oxygens (including phenoxy) is 1. The lowest BCUT2D eigenvalue weighted by atomic mass is 10.2. The summed E-state index contributed by atoms with van der Waals surface area (Å²) in [6.07, 6.45) is -4.45. The van der Waals surface area contributed by atoms with E-state index < -0.39 is 12.3 Å². The summed E-state index contributed by atoms with van der Waals surface area (Å²) in [5.41, 5.74) is -0.186. The van der Waals surface area contributed by atoms with Crippen LogP contribution in [0.2, 0.25) is 0 Å². The highest BCUT2D eigenvalue weighted by molar-refractivity contribution is 5.14. The van der Waals surface area contributed by atoms with Crippen LogP contribution in [0, 0.1) is 0 Å². The van der Waals surface area contributed by atoms with Gasteiger partial charge in [0.05, 0.1) is 0 Å². The highest BCUT2D eigenvalue weighted by Crippen LogP contribution is 2.32. The van der Waals surface area contributed by atoms with Gasteiger partial charge in [-0.15, -0.1) is 0 Å². The van der Waals surface area contributed by atoms with Gasteiger partial charge in [-0.25, -0.2) is 0 Å². The molecule has 0 saturated heterocycles. The number of hydrogen-bond donors (Lipinski definition) is 1. The van der Waals surface area contributed by atoms with Gasteiger partial charge in [0.2, 0.25) is 0 Å². The Morgan fingerprint density at radius 2 is 2.21 bits per heavy atom. The summed E-state index contributed by atoms with van der Waals surface area (Å²) in [5, 5.41) is 8.86. The van der Waals surface area contributed by atoms with Crippen LogP contribution < -0.4 is 0 Å². The number of aliphatic hydroxyl groups is 1. The maximum Gasteiger partial charge on any atom is 0.418 e. The number of aliphatic hydroxyl groups excluding tert-OH is 1. The van der Waals surface area contributed by atoms with Crippen molar-refractivity contribution in [3.05, 3.63) is 24.0 Å². The summed E-state index contributed by atoms with van der Waals surface area (Å²) in [6.45, 7) is 0.157. The lowest BCUT2D eigenvalue weighted by Crippen LogP contribution is -2.19. The predicted octanol–water partition coefficient (Wildman–Crippen LogP) is 1.69. The van der Waals surface area contributed by atoms with Crippen LogP contribution in [0.4, 0.5) is 13.2 Å². The Kier molecular flexibility index (Phi) is 3.17. The topological polar surface area (TPSA) is 34.4 Å². The Morgan fingerprint density at radius 3 is 2.71 bits per heavy atom. The van der Waals surface area contributed by atoms with Crippen LogP contribution in [0.25, 0.3) is 0 Å². The molecule has 1 aromatic heterocycles. The molecule has 0 aliphatic rings. The summed E-state index contributed by atoms with van der Waals surface area (Å²) < 4.78 is 42.2. The Labute approximate surface area is 78.7 Å². The van der Waals surface area contributed by atoms with E-state index in [0.29, 0.717) is 0 Å². The minimum atomic E-state index is -4.63. The maximum absolute atomic E-state index is 12.0. The molecule has 1 aromatic rings. The van der Waals surface area contributed by atoms with E-state index in [1.807, 2.05) is 0 Å². The van der Waals surface area contributed by atoms with Gasteiger partial charge in [-0.2, -0.15) is 13.2 Å². The molecule has 1 heterocycles. The van der Waals surface area contributed by atoms with Crippen molar-refractivity contribution in [3.8, 4) is 0 Å². The number of nitrogens with zero attached hydrogens (tertiary/aromatic N) is 1. The maximum atomic E-state index is 12.0. The summed E-state index contributed by atoms with van der Waals surface area (Å²) in [4.78, 5) is 0. The van der Waals surface area contributed by atoms with Crippen LogP contribution in [0.5, 0.6) is 0 Å². The minimum absolute atomic E-state index is 0.157. The summed E-state index contributed by atoms with van der Waals surface area (Å²) in [6, 6.07) is 1.21. The quantitative estimate of drug-likeness (QED) is 0.821. The molecular formula is C8H10F3NO2. The molecule has 0 fully saturated rings. The average molecular weight is 209 g/mol. The fourth-order valence-corrected chi connectivity index (χ4v) is 1.04. The van der Waals surface area contributed by atoms with Crippen molar-refractivity contribution in [1.29, 1.82) is 0 Å². The van der Waals surface area contributed by atoms with E-state index in [1.54, 1.807) is 0 Å². The Hall–Kier alpha value is -1.01. The first-order chi connectivity index (χ1) is 6.45. The number of halogens is 3. The van der Waals surface area contributed by atoms with E-state index in [4.69, 9.17) is 9.84 Å². The van der Waals surface area contributed by atoms with Crippen molar-refractivity contribution in [2.45, 2.75) is 19.0 Å². The lowest BCUT2D eigenvalue weighted by Gasteiger charge is -2.12. The van der Waals surface area contributed by atoms with Crippen LogP contribution in [-0.2, 0) is 11.5 Å². The van der Waals surface area contributed by atoms with Crippen molar-refractivity contribution in [2.24, 2.45) is 0 Å². The van der Waals surface area contributed by atoms with Gasteiger partial charge in [-0.3, -0.25) is 0 Å². The molecule has 0 amide bonds. The van der Waals surface area contributed by atoms with Gasteiger partial charge >= 0.3 is 6.18 Å². The molecule has 0 radical (unpaired) electrons. The van der Waals surface area contributed by atoms with Crippen LogP contribution in [0.1, 0.15) is 11.7 Å². The average Bonchev–Trinajstić information content (AvgIpc) is 2.50. The predicted molar refractivity (Wildman–Crippen MR) is 42.5 cm³/mol. The number of methoxy groups -OCH3 is 1. The molecule has 0 saturated carbocycles. The third-order valence-corrected chi connectivity index (χ3v) is 1.68. The van der Waals surface area contributed by atoms with Crippen molar-refractivity contribution >= 4 is 0 Å². The van der Waals surface area contributed by atoms with Crippen LogP contribution in [0.3, 0.4) is 0 Å². The van der Waals surface area contributed by atoms with E-state index in [1.165, 1.54) is 30.1 Å². The zero-order valence-electron chi connectivity index (χ0n) is 7.45. The second kappa shape index (κ2) is 4.02. The molecule has 0 aliphatic carbocycles. The molecule has 6 heteroatoms. The Balaban J connectivity index is 2.76. The molecule has 1 unspecified atom stereocenters. The SMILES string of the molecule is COCn1ccc(C(O)C(F)(F)F)c1. The molecule has 14 heavy (non-hydrogen) atoms. The normalized spacial score (nSPS) is 14.4. The molecule has 0 spiro atoms. The van der Waals surface area contributed by atoms with Crippen LogP contribution in [0.15, 0.2) is 18.5 Å². The van der Waals surface area contributed by atoms with Crippen molar-refractivity contribution < 1.29 is 23.0 Å². The second-order valence-electron chi connectivity index (χ2n) is 2.82. The highest BCUT2D eigenvalue weighted by Gasteiger charge is 2.39. The van der Waals surface area contributed by atoms with E-state index in [-0.39, 0.29) is 12.3 Å². The second-order valence-corrected chi connectivity index (χ2v) is 2.82. The number of rotatable bonds is 3. The fourth-order valence-electron chi connectivity index (χ4n) is 1.04. The lowest BCUT2D eigenvalue weighted by molar-refractivity contribution is -0.206. The minimum Gasteiger partial charge on any atom is -0.379 e. The monoisotopic (exact) mass is 209 g/mol. The zero-order valence-corrected chi connectivity index (χ0v) is 7.45. The molecule has 3 nitrogen and oxygen atoms in total. The molecule has 0 aromatic carbocycles. The van der Waals surface area contributed by atoms with Gasteiger partial charge in [0.25, 0.3) is 0 Å². The van der Waals surface area contributed by atoms with E-state index in [2.05, 4.69) is 0 Å². The van der Waals surface area contributed by atoms with Crippen LogP contribution in [-0.4, -0.2) is 23.0 Å². The van der Waals surface area contributed by atoms with Crippen molar-refractivity contribution in [1.82, 2.24) is 4.57 Å². The largest absolute Gasteiger partial charge is 0.418 e. The first kappa shape index (κ1) is 11.1. The van der Waals surface area contributed by atoms with Gasteiger partial charge < -0.3 is 14.4 Å². The zero-order chi connectivity index (χ0) is 10.8. The standard InChI is InChI=1S/C8H10F3NO2/c1-14-5-12-3-2-6(4-12)7(13)8(9,10)11/h2-4,7,13H,5H2,1H3. The first-order valence-corrected chi connectivity index (χ1v) is 3.84. The molecule has 0 bridgehead atoms. The molecule has 0 aliphatic heterocycles. The van der Waals surface area contributed by atoms with Crippen LogP contribution >= 0.6 is 0 Å². The van der Waals surface area contributed by atoms with Gasteiger partial charge in [0, 0.05) is 25.1 Å². The third kappa shape index (κ3) is 2.49. The molecule has 1 atom stereocenters. The van der Waals surface area contributed by atoms with Crippen molar-refractivity contribution in [3.63, 3.8) is 0 Å². The van der Waals surface area contributed by atoms with Crippen molar-refractivity contribution in [2.75, 3.05) is 7.11 Å². The van der Waals surface area contributed by atoms with Gasteiger partial charge in [0.1, 0.15) is 6.73 Å². The van der Waals surface area contributed by atoms with E-state index >= 15 is 0 Å². The molecule has 80 valence electrons. The number of hydrogen-bond acceptors (Lipinski definition) is 2.